The van der Waals surface area contributed by atoms with Gasteiger partial charge in [-0.1, -0.05) is 45.6 Å². The minimum atomic E-state index is -1.89. The first-order chi connectivity index (χ1) is 10.0. The standard InChI is InChI=1S/C16H32O4Si/c1-6-21(18-4,19-5)14-12-10-8-7-9-11-13-20-16(17)15(2)3/h2,6-14H2,1,3-5H3. The molecule has 0 aromatic carbocycles. The van der Waals surface area contributed by atoms with E-state index < -0.39 is 8.56 Å². The number of rotatable bonds is 13. The van der Waals surface area contributed by atoms with E-state index in [-0.39, 0.29) is 5.97 Å². The molecule has 0 aliphatic heterocycles. The summed E-state index contributed by atoms with van der Waals surface area (Å²) >= 11 is 0. The van der Waals surface area contributed by atoms with Crippen LogP contribution in [-0.2, 0) is 18.4 Å². The van der Waals surface area contributed by atoms with Crippen molar-refractivity contribution in [3.05, 3.63) is 12.2 Å². The van der Waals surface area contributed by atoms with Crippen molar-refractivity contribution in [1.29, 1.82) is 0 Å². The fraction of sp³-hybridized carbons (Fsp3) is 0.812. The highest BCUT2D eigenvalue weighted by atomic mass is 28.4. The van der Waals surface area contributed by atoms with Crippen LogP contribution in [-0.4, -0.2) is 35.4 Å². The van der Waals surface area contributed by atoms with Crippen molar-refractivity contribution in [2.75, 3.05) is 20.8 Å². The summed E-state index contributed by atoms with van der Waals surface area (Å²) < 4.78 is 16.3. The third-order valence-electron chi connectivity index (χ3n) is 3.82. The fourth-order valence-electron chi connectivity index (χ4n) is 2.24. The number of hydrogen-bond donors (Lipinski definition) is 0. The minimum Gasteiger partial charge on any atom is -0.462 e. The van der Waals surface area contributed by atoms with Crippen LogP contribution in [0, 0.1) is 0 Å². The van der Waals surface area contributed by atoms with Crippen LogP contribution in [0.4, 0.5) is 0 Å². The average Bonchev–Trinajstić information content (AvgIpc) is 2.49. The van der Waals surface area contributed by atoms with Crippen LogP contribution in [0.25, 0.3) is 0 Å². The molecular weight excluding hydrogens is 284 g/mol. The molecule has 124 valence electrons. The third kappa shape index (κ3) is 9.06. The van der Waals surface area contributed by atoms with E-state index in [4.69, 9.17) is 13.6 Å². The number of hydrogen-bond acceptors (Lipinski definition) is 4. The smallest absolute Gasteiger partial charge is 0.337 e. The van der Waals surface area contributed by atoms with E-state index in [1.54, 1.807) is 21.1 Å². The lowest BCUT2D eigenvalue weighted by Crippen LogP contribution is -2.38. The van der Waals surface area contributed by atoms with E-state index in [1.807, 2.05) is 0 Å². The van der Waals surface area contributed by atoms with Crippen molar-refractivity contribution in [3.8, 4) is 0 Å². The molecule has 0 unspecified atom stereocenters. The van der Waals surface area contributed by atoms with Gasteiger partial charge >= 0.3 is 14.5 Å². The Labute approximate surface area is 131 Å². The number of carbonyl (C=O) groups excluding carboxylic acids is 1. The SMILES string of the molecule is C=C(C)C(=O)OCCCCCCCC[Si](CC)(OC)OC. The zero-order valence-corrected chi connectivity index (χ0v) is 15.2. The van der Waals surface area contributed by atoms with Crippen molar-refractivity contribution < 1.29 is 18.4 Å². The van der Waals surface area contributed by atoms with Crippen LogP contribution < -0.4 is 0 Å². The Bertz CT molecular complexity index is 292. The first-order valence-electron chi connectivity index (χ1n) is 7.94. The van der Waals surface area contributed by atoms with Crippen LogP contribution in [0.2, 0.25) is 12.1 Å². The Kier molecular flexibility index (Phi) is 11.6. The van der Waals surface area contributed by atoms with Crippen LogP contribution in [0.3, 0.4) is 0 Å². The summed E-state index contributed by atoms with van der Waals surface area (Å²) in [7, 11) is 1.65. The zero-order chi connectivity index (χ0) is 16.1. The molecule has 0 atom stereocenters. The topological polar surface area (TPSA) is 44.8 Å². The van der Waals surface area contributed by atoms with Gasteiger partial charge < -0.3 is 13.6 Å². The Balaban J connectivity index is 3.48. The number of esters is 1. The molecule has 0 spiro atoms. The summed E-state index contributed by atoms with van der Waals surface area (Å²) in [5.74, 6) is -0.282. The lowest BCUT2D eigenvalue weighted by Gasteiger charge is -2.25. The molecule has 0 aromatic heterocycles. The summed E-state index contributed by atoms with van der Waals surface area (Å²) in [5.41, 5.74) is 0.467. The molecule has 0 saturated carbocycles. The number of carbonyl (C=O) groups is 1. The third-order valence-corrected chi connectivity index (χ3v) is 7.50. The van der Waals surface area contributed by atoms with E-state index in [2.05, 4.69) is 13.5 Å². The first-order valence-corrected chi connectivity index (χ1v) is 10.2. The van der Waals surface area contributed by atoms with Crippen molar-refractivity contribution in [1.82, 2.24) is 0 Å². The van der Waals surface area contributed by atoms with Crippen LogP contribution in [0.1, 0.15) is 52.4 Å². The number of ether oxygens (including phenoxy) is 1. The van der Waals surface area contributed by atoms with Crippen molar-refractivity contribution in [3.63, 3.8) is 0 Å². The molecule has 0 saturated heterocycles. The van der Waals surface area contributed by atoms with E-state index >= 15 is 0 Å². The molecule has 0 radical (unpaired) electrons. The van der Waals surface area contributed by atoms with Gasteiger partial charge in [0.2, 0.25) is 0 Å². The van der Waals surface area contributed by atoms with Gasteiger partial charge in [0.05, 0.1) is 6.61 Å². The van der Waals surface area contributed by atoms with E-state index in [0.29, 0.717) is 12.2 Å². The summed E-state index contributed by atoms with van der Waals surface area (Å²) in [5, 5.41) is 0. The van der Waals surface area contributed by atoms with Crippen molar-refractivity contribution in [2.24, 2.45) is 0 Å². The second-order valence-electron chi connectivity index (χ2n) is 5.46. The minimum absolute atomic E-state index is 0.282. The second-order valence-corrected chi connectivity index (χ2v) is 9.31. The van der Waals surface area contributed by atoms with Gasteiger partial charge in [0.25, 0.3) is 0 Å². The van der Waals surface area contributed by atoms with Crippen LogP contribution in [0.15, 0.2) is 12.2 Å². The van der Waals surface area contributed by atoms with Crippen molar-refractivity contribution >= 4 is 14.5 Å². The molecule has 0 aliphatic rings. The van der Waals surface area contributed by atoms with Crippen molar-refractivity contribution in [2.45, 2.75) is 64.5 Å². The molecule has 5 heteroatoms. The molecule has 0 aromatic rings. The monoisotopic (exact) mass is 316 g/mol. The fourth-order valence-corrected chi connectivity index (χ4v) is 4.54. The van der Waals surface area contributed by atoms with Gasteiger partial charge in [-0.15, -0.1) is 0 Å². The van der Waals surface area contributed by atoms with Gasteiger partial charge in [-0.3, -0.25) is 0 Å². The molecule has 0 fully saturated rings. The zero-order valence-electron chi connectivity index (χ0n) is 14.2. The lowest BCUT2D eigenvalue weighted by atomic mass is 10.1. The van der Waals surface area contributed by atoms with Crippen LogP contribution in [0.5, 0.6) is 0 Å². The molecule has 0 heterocycles. The highest BCUT2D eigenvalue weighted by Gasteiger charge is 2.32. The predicted octanol–water partition coefficient (Wildman–Crippen LogP) is 4.20. The van der Waals surface area contributed by atoms with Gasteiger partial charge in [0, 0.05) is 19.8 Å². The van der Waals surface area contributed by atoms with Gasteiger partial charge in [0.1, 0.15) is 0 Å². The summed E-state index contributed by atoms with van der Waals surface area (Å²) in [6.45, 7) is 7.87. The maximum absolute atomic E-state index is 11.2. The molecule has 0 N–H and O–H groups in total. The predicted molar refractivity (Wildman–Crippen MR) is 88.5 cm³/mol. The highest BCUT2D eigenvalue weighted by Crippen LogP contribution is 2.21. The van der Waals surface area contributed by atoms with Gasteiger partial charge in [-0.2, -0.15) is 0 Å². The van der Waals surface area contributed by atoms with E-state index in [1.165, 1.54) is 25.7 Å². The molecule has 0 rings (SSSR count). The van der Waals surface area contributed by atoms with Gasteiger partial charge in [-0.25, -0.2) is 4.79 Å². The number of unbranched alkanes of at least 4 members (excludes halogenated alkanes) is 5. The van der Waals surface area contributed by atoms with E-state index in [9.17, 15) is 4.79 Å². The second kappa shape index (κ2) is 11.9. The Morgan fingerprint density at radius 2 is 1.52 bits per heavy atom. The van der Waals surface area contributed by atoms with E-state index in [0.717, 1.165) is 24.9 Å². The Morgan fingerprint density at radius 3 is 2.00 bits per heavy atom. The quantitative estimate of drug-likeness (QED) is 0.221. The maximum Gasteiger partial charge on any atom is 0.337 e. The lowest BCUT2D eigenvalue weighted by molar-refractivity contribution is -0.139. The summed E-state index contributed by atoms with van der Waals surface area (Å²) in [6.07, 6.45) is 6.83. The van der Waals surface area contributed by atoms with Gasteiger partial charge in [-0.05, 0) is 25.4 Å². The molecule has 0 bridgehead atoms. The van der Waals surface area contributed by atoms with Crippen LogP contribution >= 0.6 is 0 Å². The molecule has 0 amide bonds. The Morgan fingerprint density at radius 1 is 1.00 bits per heavy atom. The molecule has 21 heavy (non-hydrogen) atoms. The Hall–Kier alpha value is -0.653. The molecule has 4 nitrogen and oxygen atoms in total. The first kappa shape index (κ1) is 20.3. The molecule has 0 aliphatic carbocycles. The highest BCUT2D eigenvalue weighted by molar-refractivity contribution is 6.67. The normalized spacial score (nSPS) is 11.4. The average molecular weight is 317 g/mol. The largest absolute Gasteiger partial charge is 0.462 e. The van der Waals surface area contributed by atoms with Gasteiger partial charge in [0.15, 0.2) is 0 Å². The summed E-state index contributed by atoms with van der Waals surface area (Å²) in [4.78, 5) is 11.2. The summed E-state index contributed by atoms with van der Waals surface area (Å²) in [6, 6.07) is 2.08. The molecular formula is C16H32O4Si. The maximum atomic E-state index is 11.2.